The molecule has 1 saturated heterocycles. The molecule has 0 aromatic rings. The molecule has 1 unspecified atom stereocenters. The van der Waals surface area contributed by atoms with Crippen molar-refractivity contribution in [2.75, 3.05) is 6.61 Å². The van der Waals surface area contributed by atoms with Crippen LogP contribution in [0.4, 0.5) is 0 Å². The number of ether oxygens (including phenoxy) is 1. The second-order valence-electron chi connectivity index (χ2n) is 3.17. The first-order valence-electron chi connectivity index (χ1n) is 4.34. The van der Waals surface area contributed by atoms with Crippen molar-refractivity contribution in [2.24, 2.45) is 0 Å². The molecule has 1 aliphatic rings. The molecule has 1 atom stereocenters. The normalized spacial score (nSPS) is 29.3. The van der Waals surface area contributed by atoms with Gasteiger partial charge in [-0.2, -0.15) is 0 Å². The number of halogens is 1. The van der Waals surface area contributed by atoms with E-state index in [4.69, 9.17) is 21.4 Å². The molecule has 0 aromatic carbocycles. The van der Waals surface area contributed by atoms with Gasteiger partial charge < -0.3 is 9.84 Å². The van der Waals surface area contributed by atoms with Crippen LogP contribution in [0.1, 0.15) is 25.7 Å². The van der Waals surface area contributed by atoms with Crippen LogP contribution in [0.15, 0.2) is 11.6 Å². The average molecular weight is 205 g/mol. The second-order valence-corrected chi connectivity index (χ2v) is 3.42. The molecular formula is C9H13ClO3. The summed E-state index contributed by atoms with van der Waals surface area (Å²) in [6.45, 7) is 0.530. The van der Waals surface area contributed by atoms with Gasteiger partial charge in [0.1, 0.15) is 0 Å². The van der Waals surface area contributed by atoms with Crippen LogP contribution < -0.4 is 0 Å². The third-order valence-electron chi connectivity index (χ3n) is 2.28. The Bertz CT molecular complexity index is 207. The van der Waals surface area contributed by atoms with E-state index in [2.05, 4.69) is 0 Å². The first-order chi connectivity index (χ1) is 6.21. The molecule has 3 nitrogen and oxygen atoms in total. The van der Waals surface area contributed by atoms with Gasteiger partial charge in [-0.1, -0.05) is 17.7 Å². The smallest absolute Gasteiger partial charge is 0.336 e. The minimum Gasteiger partial charge on any atom is -0.479 e. The topological polar surface area (TPSA) is 46.5 Å². The van der Waals surface area contributed by atoms with Crippen LogP contribution in [-0.4, -0.2) is 23.3 Å². The number of carbonyl (C=O) groups is 1. The summed E-state index contributed by atoms with van der Waals surface area (Å²) in [4.78, 5) is 11.0. The maximum absolute atomic E-state index is 11.0. The predicted molar refractivity (Wildman–Crippen MR) is 49.8 cm³/mol. The molecule has 13 heavy (non-hydrogen) atoms. The summed E-state index contributed by atoms with van der Waals surface area (Å²) < 4.78 is 5.32. The zero-order valence-corrected chi connectivity index (χ0v) is 8.09. The van der Waals surface area contributed by atoms with Gasteiger partial charge in [-0.3, -0.25) is 0 Å². The number of carboxylic acids is 1. The molecule has 0 bridgehead atoms. The highest BCUT2D eigenvalue weighted by Crippen LogP contribution is 2.29. The van der Waals surface area contributed by atoms with E-state index in [1.807, 2.05) is 0 Å². The Morgan fingerprint density at radius 3 is 2.85 bits per heavy atom. The van der Waals surface area contributed by atoms with E-state index in [0.717, 1.165) is 12.8 Å². The van der Waals surface area contributed by atoms with E-state index in [1.165, 1.54) is 5.54 Å². The fourth-order valence-electron chi connectivity index (χ4n) is 1.50. The predicted octanol–water partition coefficient (Wildman–Crippen LogP) is 2.15. The van der Waals surface area contributed by atoms with Crippen LogP contribution in [0, 0.1) is 0 Å². The minimum absolute atomic E-state index is 0.353. The van der Waals surface area contributed by atoms with Crippen molar-refractivity contribution >= 4 is 17.6 Å². The standard InChI is InChI=1S/C9H13ClO3/c10-6-3-5-9(8(11)12)4-1-2-7-13-9/h3,6H,1-2,4-5,7H2,(H,11,12)/b6-3+. The molecule has 4 heteroatoms. The van der Waals surface area contributed by atoms with Gasteiger partial charge in [0.2, 0.25) is 0 Å². The van der Waals surface area contributed by atoms with Crippen LogP contribution in [0.5, 0.6) is 0 Å². The third kappa shape index (κ3) is 2.45. The van der Waals surface area contributed by atoms with Crippen LogP contribution in [0.25, 0.3) is 0 Å². The Morgan fingerprint density at radius 2 is 2.38 bits per heavy atom. The maximum atomic E-state index is 11.0. The van der Waals surface area contributed by atoms with E-state index in [-0.39, 0.29) is 0 Å². The molecule has 1 heterocycles. The van der Waals surface area contributed by atoms with E-state index < -0.39 is 11.6 Å². The Hall–Kier alpha value is -0.540. The van der Waals surface area contributed by atoms with Gasteiger partial charge in [0.15, 0.2) is 5.60 Å². The lowest BCUT2D eigenvalue weighted by Crippen LogP contribution is -2.43. The SMILES string of the molecule is O=C(O)C1(C/C=C/Cl)CCCCO1. The number of hydrogen-bond acceptors (Lipinski definition) is 2. The maximum Gasteiger partial charge on any atom is 0.336 e. The summed E-state index contributed by atoms with van der Waals surface area (Å²) in [6, 6.07) is 0. The second kappa shape index (κ2) is 4.63. The fraction of sp³-hybridized carbons (Fsp3) is 0.667. The van der Waals surface area contributed by atoms with E-state index in [0.29, 0.717) is 19.4 Å². The van der Waals surface area contributed by atoms with E-state index in [1.54, 1.807) is 6.08 Å². The first-order valence-corrected chi connectivity index (χ1v) is 4.77. The summed E-state index contributed by atoms with van der Waals surface area (Å²) in [5.41, 5.74) is 0.312. The molecule has 0 saturated carbocycles. The van der Waals surface area contributed by atoms with Crippen LogP contribution in [0.3, 0.4) is 0 Å². The van der Waals surface area contributed by atoms with Gasteiger partial charge in [-0.05, 0) is 19.3 Å². The van der Waals surface area contributed by atoms with Crippen molar-refractivity contribution in [3.63, 3.8) is 0 Å². The lowest BCUT2D eigenvalue weighted by atomic mass is 9.90. The van der Waals surface area contributed by atoms with Gasteiger partial charge >= 0.3 is 5.97 Å². The highest BCUT2D eigenvalue weighted by molar-refractivity contribution is 6.25. The molecule has 1 fully saturated rings. The molecule has 74 valence electrons. The monoisotopic (exact) mass is 204 g/mol. The number of carboxylic acid groups (broad SMARTS) is 1. The Kier molecular flexibility index (Phi) is 3.75. The molecule has 0 aromatic heterocycles. The highest BCUT2D eigenvalue weighted by atomic mass is 35.5. The lowest BCUT2D eigenvalue weighted by molar-refractivity contribution is -0.171. The quantitative estimate of drug-likeness (QED) is 0.766. The van der Waals surface area contributed by atoms with Crippen LogP contribution >= 0.6 is 11.6 Å². The van der Waals surface area contributed by atoms with Gasteiger partial charge in [-0.15, -0.1) is 0 Å². The number of rotatable bonds is 3. The van der Waals surface area contributed by atoms with Crippen LogP contribution in [-0.2, 0) is 9.53 Å². The lowest BCUT2D eigenvalue weighted by Gasteiger charge is -2.32. The molecule has 0 amide bonds. The zero-order valence-electron chi connectivity index (χ0n) is 7.33. The van der Waals surface area contributed by atoms with Gasteiger partial charge in [-0.25, -0.2) is 4.79 Å². The molecule has 0 radical (unpaired) electrons. The van der Waals surface area contributed by atoms with Crippen molar-refractivity contribution in [1.29, 1.82) is 0 Å². The Morgan fingerprint density at radius 1 is 1.62 bits per heavy atom. The van der Waals surface area contributed by atoms with Crippen molar-refractivity contribution in [2.45, 2.75) is 31.3 Å². The summed E-state index contributed by atoms with van der Waals surface area (Å²) in [5, 5.41) is 9.01. The molecular weight excluding hydrogens is 192 g/mol. The van der Waals surface area contributed by atoms with Crippen molar-refractivity contribution in [1.82, 2.24) is 0 Å². The first kappa shape index (κ1) is 10.5. The van der Waals surface area contributed by atoms with E-state index in [9.17, 15) is 4.79 Å². The van der Waals surface area contributed by atoms with E-state index >= 15 is 0 Å². The molecule has 1 rings (SSSR count). The Balaban J connectivity index is 2.67. The van der Waals surface area contributed by atoms with Gasteiger partial charge in [0.05, 0.1) is 0 Å². The fourth-order valence-corrected chi connectivity index (χ4v) is 1.59. The average Bonchev–Trinajstić information content (AvgIpc) is 2.16. The molecule has 1 N–H and O–H groups in total. The summed E-state index contributed by atoms with van der Waals surface area (Å²) >= 11 is 5.36. The summed E-state index contributed by atoms with van der Waals surface area (Å²) in [5.74, 6) is -0.887. The zero-order chi connectivity index (χ0) is 9.73. The molecule has 0 spiro atoms. The van der Waals surface area contributed by atoms with Crippen LogP contribution in [0.2, 0.25) is 0 Å². The largest absolute Gasteiger partial charge is 0.479 e. The van der Waals surface area contributed by atoms with Crippen molar-refractivity contribution < 1.29 is 14.6 Å². The number of hydrogen-bond donors (Lipinski definition) is 1. The van der Waals surface area contributed by atoms with Crippen molar-refractivity contribution in [3.05, 3.63) is 11.6 Å². The minimum atomic E-state index is -1.02. The highest BCUT2D eigenvalue weighted by Gasteiger charge is 2.39. The van der Waals surface area contributed by atoms with Gasteiger partial charge in [0.25, 0.3) is 0 Å². The van der Waals surface area contributed by atoms with Gasteiger partial charge in [0, 0.05) is 18.6 Å². The number of aliphatic carboxylic acids is 1. The molecule has 0 aliphatic carbocycles. The summed E-state index contributed by atoms with van der Waals surface area (Å²) in [6.07, 6.45) is 4.40. The Labute approximate surface area is 82.3 Å². The summed E-state index contributed by atoms with van der Waals surface area (Å²) in [7, 11) is 0. The van der Waals surface area contributed by atoms with Crippen molar-refractivity contribution in [3.8, 4) is 0 Å². The third-order valence-corrected chi connectivity index (χ3v) is 2.46. The molecule has 1 aliphatic heterocycles.